The van der Waals surface area contributed by atoms with E-state index in [0.717, 1.165) is 5.39 Å². The molecule has 16 heavy (non-hydrogen) atoms. The van der Waals surface area contributed by atoms with Gasteiger partial charge in [-0.05, 0) is 12.1 Å². The van der Waals surface area contributed by atoms with Crippen LogP contribution in [0.25, 0.3) is 10.8 Å². The van der Waals surface area contributed by atoms with E-state index in [-0.39, 0.29) is 18.2 Å². The molecule has 0 fully saturated rings. The normalized spacial score (nSPS) is 9.88. The van der Waals surface area contributed by atoms with Crippen LogP contribution < -0.4 is 11.1 Å². The molecule has 1 aromatic carbocycles. The van der Waals surface area contributed by atoms with Gasteiger partial charge < -0.3 is 11.1 Å². The standard InChI is InChI=1S/C11H12FN3.ClH/c12-10-3-1-2-9-8(10)4-6-14-11(9)15-7-5-13;/h1-4,6H,5,7,13H2,(H,14,15);1H. The zero-order chi connectivity index (χ0) is 10.7. The van der Waals surface area contributed by atoms with Crippen molar-refractivity contribution in [3.8, 4) is 0 Å². The largest absolute Gasteiger partial charge is 0.368 e. The highest BCUT2D eigenvalue weighted by Gasteiger charge is 2.04. The van der Waals surface area contributed by atoms with Gasteiger partial charge in [0.15, 0.2) is 0 Å². The lowest BCUT2D eigenvalue weighted by atomic mass is 10.1. The molecular weight excluding hydrogens is 229 g/mol. The summed E-state index contributed by atoms with van der Waals surface area (Å²) < 4.78 is 13.4. The Bertz CT molecular complexity index is 476. The number of anilines is 1. The molecule has 2 aromatic rings. The predicted octanol–water partition coefficient (Wildman–Crippen LogP) is 2.17. The van der Waals surface area contributed by atoms with Gasteiger partial charge in [0.2, 0.25) is 0 Å². The number of fused-ring (bicyclic) bond motifs is 1. The van der Waals surface area contributed by atoms with Gasteiger partial charge in [0.05, 0.1) is 0 Å². The molecule has 0 aliphatic carbocycles. The van der Waals surface area contributed by atoms with E-state index in [1.54, 1.807) is 18.3 Å². The molecule has 0 saturated carbocycles. The first kappa shape index (κ1) is 12.7. The Morgan fingerprint density at radius 1 is 1.25 bits per heavy atom. The Morgan fingerprint density at radius 2 is 2.06 bits per heavy atom. The van der Waals surface area contributed by atoms with Crippen LogP contribution in [0.4, 0.5) is 10.2 Å². The Morgan fingerprint density at radius 3 is 2.81 bits per heavy atom. The third kappa shape index (κ3) is 2.40. The Kier molecular flexibility index (Phi) is 4.46. The lowest BCUT2D eigenvalue weighted by Gasteiger charge is -2.07. The predicted molar refractivity (Wildman–Crippen MR) is 66.5 cm³/mol. The fraction of sp³-hybridized carbons (Fsp3) is 0.182. The molecule has 0 atom stereocenters. The third-order valence-corrected chi connectivity index (χ3v) is 2.19. The fourth-order valence-corrected chi connectivity index (χ4v) is 1.50. The summed E-state index contributed by atoms with van der Waals surface area (Å²) in [6, 6.07) is 6.62. The molecule has 0 bridgehead atoms. The van der Waals surface area contributed by atoms with Crippen molar-refractivity contribution >= 4 is 29.0 Å². The van der Waals surface area contributed by atoms with Crippen molar-refractivity contribution in [1.29, 1.82) is 0 Å². The monoisotopic (exact) mass is 241 g/mol. The maximum Gasteiger partial charge on any atom is 0.133 e. The molecule has 86 valence electrons. The van der Waals surface area contributed by atoms with Gasteiger partial charge in [-0.2, -0.15) is 0 Å². The minimum atomic E-state index is -0.231. The molecule has 0 aliphatic heterocycles. The zero-order valence-electron chi connectivity index (χ0n) is 8.61. The average molecular weight is 242 g/mol. The Balaban J connectivity index is 0.00000128. The topological polar surface area (TPSA) is 50.9 Å². The van der Waals surface area contributed by atoms with E-state index in [2.05, 4.69) is 10.3 Å². The molecule has 5 heteroatoms. The number of rotatable bonds is 3. The highest BCUT2D eigenvalue weighted by molar-refractivity contribution is 5.92. The number of hydrogen-bond donors (Lipinski definition) is 2. The van der Waals surface area contributed by atoms with Gasteiger partial charge in [-0.3, -0.25) is 0 Å². The van der Waals surface area contributed by atoms with E-state index in [4.69, 9.17) is 5.73 Å². The molecular formula is C11H13ClFN3. The van der Waals surface area contributed by atoms with Crippen LogP contribution in [-0.2, 0) is 0 Å². The smallest absolute Gasteiger partial charge is 0.133 e. The number of nitrogens with one attached hydrogen (secondary N) is 1. The summed E-state index contributed by atoms with van der Waals surface area (Å²) in [5.41, 5.74) is 5.39. The Hall–Kier alpha value is -1.39. The third-order valence-electron chi connectivity index (χ3n) is 2.19. The number of hydrogen-bond acceptors (Lipinski definition) is 3. The molecule has 3 nitrogen and oxygen atoms in total. The van der Waals surface area contributed by atoms with E-state index in [1.807, 2.05) is 6.07 Å². The number of nitrogens with zero attached hydrogens (tertiary/aromatic N) is 1. The van der Waals surface area contributed by atoms with Crippen molar-refractivity contribution in [2.75, 3.05) is 18.4 Å². The summed E-state index contributed by atoms with van der Waals surface area (Å²) in [5, 5.41) is 4.42. The lowest BCUT2D eigenvalue weighted by molar-refractivity contribution is 0.640. The molecule has 0 spiro atoms. The van der Waals surface area contributed by atoms with Crippen molar-refractivity contribution in [2.24, 2.45) is 5.73 Å². The summed E-state index contributed by atoms with van der Waals surface area (Å²) in [7, 11) is 0. The first-order chi connectivity index (χ1) is 7.33. The van der Waals surface area contributed by atoms with Gasteiger partial charge in [0.25, 0.3) is 0 Å². The minimum Gasteiger partial charge on any atom is -0.368 e. The number of aromatic nitrogens is 1. The van der Waals surface area contributed by atoms with Crippen LogP contribution >= 0.6 is 12.4 Å². The highest BCUT2D eigenvalue weighted by Crippen LogP contribution is 2.22. The zero-order valence-corrected chi connectivity index (χ0v) is 9.43. The second-order valence-corrected chi connectivity index (χ2v) is 3.21. The van der Waals surface area contributed by atoms with Gasteiger partial charge >= 0.3 is 0 Å². The lowest BCUT2D eigenvalue weighted by Crippen LogP contribution is -2.14. The first-order valence-corrected chi connectivity index (χ1v) is 4.80. The highest BCUT2D eigenvalue weighted by atomic mass is 35.5. The van der Waals surface area contributed by atoms with Gasteiger partial charge in [-0.1, -0.05) is 12.1 Å². The number of halogens is 2. The summed E-state index contributed by atoms with van der Waals surface area (Å²) in [4.78, 5) is 4.15. The Labute approximate surface area is 99.3 Å². The van der Waals surface area contributed by atoms with Crippen LogP contribution in [0, 0.1) is 5.82 Å². The fourth-order valence-electron chi connectivity index (χ4n) is 1.50. The first-order valence-electron chi connectivity index (χ1n) is 4.80. The van der Waals surface area contributed by atoms with Crippen molar-refractivity contribution in [3.63, 3.8) is 0 Å². The van der Waals surface area contributed by atoms with Crippen LogP contribution in [-0.4, -0.2) is 18.1 Å². The quantitative estimate of drug-likeness (QED) is 0.866. The van der Waals surface area contributed by atoms with Crippen molar-refractivity contribution < 1.29 is 4.39 Å². The maximum absolute atomic E-state index is 13.4. The van der Waals surface area contributed by atoms with Crippen LogP contribution in [0.5, 0.6) is 0 Å². The van der Waals surface area contributed by atoms with Crippen LogP contribution in [0.1, 0.15) is 0 Å². The van der Waals surface area contributed by atoms with Gasteiger partial charge in [-0.15, -0.1) is 12.4 Å². The second kappa shape index (κ2) is 5.63. The van der Waals surface area contributed by atoms with Crippen molar-refractivity contribution in [2.45, 2.75) is 0 Å². The van der Waals surface area contributed by atoms with E-state index in [1.165, 1.54) is 6.07 Å². The summed E-state index contributed by atoms with van der Waals surface area (Å²) >= 11 is 0. The van der Waals surface area contributed by atoms with E-state index in [9.17, 15) is 4.39 Å². The van der Waals surface area contributed by atoms with Crippen LogP contribution in [0.15, 0.2) is 30.5 Å². The number of benzene rings is 1. The summed E-state index contributed by atoms with van der Waals surface area (Å²) in [6.07, 6.45) is 1.59. The number of nitrogens with two attached hydrogens (primary N) is 1. The molecule has 3 N–H and O–H groups in total. The van der Waals surface area contributed by atoms with Gasteiger partial charge in [-0.25, -0.2) is 9.37 Å². The van der Waals surface area contributed by atoms with Crippen molar-refractivity contribution in [1.82, 2.24) is 4.98 Å². The minimum absolute atomic E-state index is 0. The summed E-state index contributed by atoms with van der Waals surface area (Å²) in [6.45, 7) is 1.15. The average Bonchev–Trinajstić information content (AvgIpc) is 2.27. The van der Waals surface area contributed by atoms with Gasteiger partial charge in [0, 0.05) is 30.1 Å². The van der Waals surface area contributed by atoms with Crippen molar-refractivity contribution in [3.05, 3.63) is 36.3 Å². The van der Waals surface area contributed by atoms with Crippen LogP contribution in [0.2, 0.25) is 0 Å². The number of pyridine rings is 1. The molecule has 2 rings (SSSR count). The van der Waals surface area contributed by atoms with Crippen LogP contribution in [0.3, 0.4) is 0 Å². The molecule has 0 saturated heterocycles. The molecule has 1 heterocycles. The molecule has 0 aliphatic rings. The van der Waals surface area contributed by atoms with E-state index in [0.29, 0.717) is 24.3 Å². The molecule has 0 amide bonds. The van der Waals surface area contributed by atoms with E-state index >= 15 is 0 Å². The van der Waals surface area contributed by atoms with E-state index < -0.39 is 0 Å². The summed E-state index contributed by atoms with van der Waals surface area (Å²) in [5.74, 6) is 0.447. The molecule has 0 unspecified atom stereocenters. The second-order valence-electron chi connectivity index (χ2n) is 3.21. The molecule has 0 radical (unpaired) electrons. The van der Waals surface area contributed by atoms with Gasteiger partial charge in [0.1, 0.15) is 11.6 Å². The maximum atomic E-state index is 13.4. The SMILES string of the molecule is Cl.NCCNc1nccc2c(F)cccc12. The molecule has 1 aromatic heterocycles.